The first kappa shape index (κ1) is 18.1. The molecule has 3 aromatic heterocycles. The number of imidazole rings is 1. The van der Waals surface area contributed by atoms with Crippen LogP contribution in [0.15, 0.2) is 36.8 Å². The van der Waals surface area contributed by atoms with E-state index < -0.39 is 0 Å². The van der Waals surface area contributed by atoms with E-state index in [0.29, 0.717) is 18.8 Å². The Hall–Kier alpha value is -3.90. The molecule has 0 unspecified atom stereocenters. The second-order valence-corrected chi connectivity index (χ2v) is 6.84. The van der Waals surface area contributed by atoms with Crippen molar-refractivity contribution < 1.29 is 9.47 Å². The minimum atomic E-state index is 0.358. The summed E-state index contributed by atoms with van der Waals surface area (Å²) in [5.74, 6) is 8.59. The number of benzene rings is 1. The molecule has 9 nitrogen and oxygen atoms in total. The average Bonchev–Trinajstić information content (AvgIpc) is 3.44. The number of hydrogen-bond acceptors (Lipinski definition) is 6. The third kappa shape index (κ3) is 2.86. The Labute approximate surface area is 172 Å². The van der Waals surface area contributed by atoms with E-state index in [1.807, 2.05) is 40.4 Å². The molecule has 0 fully saturated rings. The fourth-order valence-corrected chi connectivity index (χ4v) is 3.57. The number of rotatable bonds is 3. The monoisotopic (exact) mass is 401 g/mol. The lowest BCUT2D eigenvalue weighted by atomic mass is 10.1. The Kier molecular flexibility index (Phi) is 4.34. The van der Waals surface area contributed by atoms with Crippen molar-refractivity contribution in [3.05, 3.63) is 59.7 Å². The summed E-state index contributed by atoms with van der Waals surface area (Å²) in [5.41, 5.74) is 4.32. The molecule has 4 aromatic rings. The van der Waals surface area contributed by atoms with Gasteiger partial charge in [-0.1, -0.05) is 0 Å². The summed E-state index contributed by atoms with van der Waals surface area (Å²) >= 11 is 0. The van der Waals surface area contributed by atoms with Crippen LogP contribution in [0.4, 0.5) is 0 Å². The van der Waals surface area contributed by atoms with Crippen molar-refractivity contribution in [2.24, 2.45) is 7.05 Å². The first-order valence-corrected chi connectivity index (χ1v) is 9.35. The van der Waals surface area contributed by atoms with Crippen LogP contribution in [-0.2, 0) is 24.9 Å². The summed E-state index contributed by atoms with van der Waals surface area (Å²) in [4.78, 5) is 4.59. The van der Waals surface area contributed by atoms with E-state index in [2.05, 4.69) is 32.1 Å². The SMILES string of the molecule is COCc1nnc2n1Cc1c(C#Cc3ccnn3C)ncn1-c1ccc(OC)cc1-2. The lowest BCUT2D eigenvalue weighted by Crippen LogP contribution is -2.09. The van der Waals surface area contributed by atoms with Crippen molar-refractivity contribution in [3.63, 3.8) is 0 Å². The van der Waals surface area contributed by atoms with Gasteiger partial charge in [-0.3, -0.25) is 9.25 Å². The Morgan fingerprint density at radius 1 is 1.13 bits per heavy atom. The summed E-state index contributed by atoms with van der Waals surface area (Å²) in [6.07, 6.45) is 3.52. The molecule has 0 saturated heterocycles. The zero-order valence-corrected chi connectivity index (χ0v) is 16.8. The van der Waals surface area contributed by atoms with Gasteiger partial charge in [0.1, 0.15) is 30.1 Å². The summed E-state index contributed by atoms with van der Waals surface area (Å²) in [6.45, 7) is 0.879. The predicted octanol–water partition coefficient (Wildman–Crippen LogP) is 1.78. The minimum absolute atomic E-state index is 0.358. The van der Waals surface area contributed by atoms with Crippen molar-refractivity contribution in [2.45, 2.75) is 13.2 Å². The lowest BCUT2D eigenvalue weighted by molar-refractivity contribution is 0.174. The maximum Gasteiger partial charge on any atom is 0.166 e. The molecule has 5 rings (SSSR count). The standard InChI is InChI=1S/C21H19N7O2/c1-26-14(8-9-23-26)4-6-17-19-11-27-20(12-29-2)24-25-21(27)16-10-15(30-3)5-7-18(16)28(19)13-22-17/h5,7-10,13H,11-12H2,1-3H3. The van der Waals surface area contributed by atoms with Crippen LogP contribution in [0.3, 0.4) is 0 Å². The van der Waals surface area contributed by atoms with Crippen LogP contribution in [0.25, 0.3) is 17.1 Å². The molecule has 0 amide bonds. The highest BCUT2D eigenvalue weighted by molar-refractivity contribution is 5.71. The first-order valence-electron chi connectivity index (χ1n) is 9.35. The second kappa shape index (κ2) is 7.17. The smallest absolute Gasteiger partial charge is 0.166 e. The fourth-order valence-electron chi connectivity index (χ4n) is 3.57. The van der Waals surface area contributed by atoms with Crippen LogP contribution in [-0.4, -0.2) is 48.3 Å². The molecule has 9 heteroatoms. The van der Waals surface area contributed by atoms with Gasteiger partial charge in [0.2, 0.25) is 0 Å². The van der Waals surface area contributed by atoms with Crippen molar-refractivity contribution in [3.8, 4) is 34.7 Å². The molecular formula is C21H19N7O2. The Morgan fingerprint density at radius 2 is 2.03 bits per heavy atom. The van der Waals surface area contributed by atoms with Gasteiger partial charge >= 0.3 is 0 Å². The van der Waals surface area contributed by atoms with Crippen LogP contribution in [0.2, 0.25) is 0 Å². The van der Waals surface area contributed by atoms with E-state index in [9.17, 15) is 0 Å². The maximum absolute atomic E-state index is 5.44. The predicted molar refractivity (Wildman–Crippen MR) is 108 cm³/mol. The van der Waals surface area contributed by atoms with Gasteiger partial charge in [-0.2, -0.15) is 5.10 Å². The van der Waals surface area contributed by atoms with Crippen molar-refractivity contribution in [1.82, 2.24) is 34.1 Å². The molecule has 0 spiro atoms. The van der Waals surface area contributed by atoms with Crippen LogP contribution in [0.5, 0.6) is 5.75 Å². The van der Waals surface area contributed by atoms with Gasteiger partial charge in [0.05, 0.1) is 31.2 Å². The lowest BCUT2D eigenvalue weighted by Gasteiger charge is -2.09. The zero-order chi connectivity index (χ0) is 20.7. The highest BCUT2D eigenvalue weighted by atomic mass is 16.5. The highest BCUT2D eigenvalue weighted by Gasteiger charge is 2.26. The Balaban J connectivity index is 1.71. The van der Waals surface area contributed by atoms with Gasteiger partial charge in [0.15, 0.2) is 11.6 Å². The Morgan fingerprint density at radius 3 is 2.80 bits per heavy atom. The van der Waals surface area contributed by atoms with Gasteiger partial charge in [-0.05, 0) is 36.1 Å². The molecule has 0 saturated carbocycles. The van der Waals surface area contributed by atoms with Gasteiger partial charge in [-0.25, -0.2) is 4.98 Å². The molecule has 1 aromatic carbocycles. The average molecular weight is 401 g/mol. The minimum Gasteiger partial charge on any atom is -0.497 e. The number of hydrogen-bond donors (Lipinski definition) is 0. The molecule has 1 aliphatic heterocycles. The fraction of sp³-hybridized carbons (Fsp3) is 0.238. The topological polar surface area (TPSA) is 84.8 Å². The van der Waals surface area contributed by atoms with E-state index in [1.54, 1.807) is 31.4 Å². The number of fused-ring (bicyclic) bond motifs is 5. The first-order chi connectivity index (χ1) is 14.7. The second-order valence-electron chi connectivity index (χ2n) is 6.84. The molecule has 0 N–H and O–H groups in total. The zero-order valence-electron chi connectivity index (χ0n) is 16.8. The van der Waals surface area contributed by atoms with Crippen LogP contribution in [0, 0.1) is 11.8 Å². The summed E-state index contributed by atoms with van der Waals surface area (Å²) in [5, 5.41) is 12.9. The third-order valence-electron chi connectivity index (χ3n) is 5.11. The highest BCUT2D eigenvalue weighted by Crippen LogP contribution is 2.34. The molecule has 30 heavy (non-hydrogen) atoms. The van der Waals surface area contributed by atoms with Crippen LogP contribution < -0.4 is 4.74 Å². The third-order valence-corrected chi connectivity index (χ3v) is 5.11. The molecule has 4 heterocycles. The van der Waals surface area contributed by atoms with Crippen molar-refractivity contribution in [1.29, 1.82) is 0 Å². The number of aryl methyl sites for hydroxylation is 1. The van der Waals surface area contributed by atoms with Crippen LogP contribution >= 0.6 is 0 Å². The van der Waals surface area contributed by atoms with E-state index in [4.69, 9.17) is 9.47 Å². The molecule has 0 radical (unpaired) electrons. The number of aromatic nitrogens is 7. The van der Waals surface area contributed by atoms with Crippen molar-refractivity contribution in [2.75, 3.05) is 14.2 Å². The summed E-state index contributed by atoms with van der Waals surface area (Å²) in [7, 11) is 5.15. The molecule has 1 aliphatic rings. The number of ether oxygens (including phenoxy) is 2. The van der Waals surface area contributed by atoms with Gasteiger partial charge in [-0.15, -0.1) is 10.2 Å². The van der Waals surface area contributed by atoms with Gasteiger partial charge in [0.25, 0.3) is 0 Å². The molecular weight excluding hydrogens is 382 g/mol. The molecule has 0 atom stereocenters. The van der Waals surface area contributed by atoms with E-state index in [0.717, 1.165) is 40.0 Å². The van der Waals surface area contributed by atoms with E-state index >= 15 is 0 Å². The number of methoxy groups -OCH3 is 2. The van der Waals surface area contributed by atoms with E-state index in [1.165, 1.54) is 0 Å². The van der Waals surface area contributed by atoms with Crippen molar-refractivity contribution >= 4 is 0 Å². The van der Waals surface area contributed by atoms with E-state index in [-0.39, 0.29) is 0 Å². The summed E-state index contributed by atoms with van der Waals surface area (Å²) < 4.78 is 16.6. The van der Waals surface area contributed by atoms with Crippen LogP contribution in [0.1, 0.15) is 22.9 Å². The van der Waals surface area contributed by atoms with Gasteiger partial charge < -0.3 is 14.0 Å². The molecule has 0 aliphatic carbocycles. The molecule has 0 bridgehead atoms. The Bertz CT molecular complexity index is 1300. The maximum atomic E-state index is 5.44. The normalized spacial score (nSPS) is 11.7. The number of nitrogens with zero attached hydrogens (tertiary/aromatic N) is 7. The van der Waals surface area contributed by atoms with Gasteiger partial charge in [0, 0.05) is 19.7 Å². The molecule has 150 valence electrons. The summed E-state index contributed by atoms with van der Waals surface area (Å²) in [6, 6.07) is 7.75. The quantitative estimate of drug-likeness (QED) is 0.429. The largest absolute Gasteiger partial charge is 0.497 e.